The second kappa shape index (κ2) is 4.00. The molecule has 0 aromatic rings. The van der Waals surface area contributed by atoms with Gasteiger partial charge in [0, 0.05) is 12.1 Å². The molecule has 1 aliphatic heterocycles. The largest absolute Gasteiger partial charge is 0.379 e. The van der Waals surface area contributed by atoms with E-state index in [1.807, 2.05) is 34.6 Å². The zero-order chi connectivity index (χ0) is 12.6. The maximum atomic E-state index is 12.2. The molecule has 1 fully saturated rings. The van der Waals surface area contributed by atoms with Crippen LogP contribution < -0.4 is 11.1 Å². The zero-order valence-corrected chi connectivity index (χ0v) is 11.0. The molecule has 0 bridgehead atoms. The SMILES string of the molecule is CC1(NC(=O)C(C)(C)C(C)(C)N)CCOC1. The van der Waals surface area contributed by atoms with Gasteiger partial charge in [-0.25, -0.2) is 0 Å². The molecule has 4 nitrogen and oxygen atoms in total. The fraction of sp³-hybridized carbons (Fsp3) is 0.917. The minimum absolute atomic E-state index is 0.00648. The average Bonchev–Trinajstić information content (AvgIpc) is 2.49. The van der Waals surface area contributed by atoms with E-state index in [0.717, 1.165) is 6.42 Å². The van der Waals surface area contributed by atoms with Crippen LogP contribution in [0.1, 0.15) is 41.0 Å². The second-order valence-corrected chi connectivity index (χ2v) is 6.16. The molecule has 0 saturated carbocycles. The van der Waals surface area contributed by atoms with E-state index in [-0.39, 0.29) is 11.4 Å². The summed E-state index contributed by atoms with van der Waals surface area (Å²) in [4.78, 5) is 12.2. The van der Waals surface area contributed by atoms with Crippen LogP contribution in [0.4, 0.5) is 0 Å². The predicted octanol–water partition coefficient (Wildman–Crippen LogP) is 1.05. The standard InChI is InChI=1S/C12H24N2O2/c1-10(2,11(3,4)13)9(15)14-12(5)6-7-16-8-12/h6-8,13H2,1-5H3,(H,14,15). The Labute approximate surface area is 97.9 Å². The first kappa shape index (κ1) is 13.5. The van der Waals surface area contributed by atoms with Crippen molar-refractivity contribution in [1.29, 1.82) is 0 Å². The maximum Gasteiger partial charge on any atom is 0.227 e. The summed E-state index contributed by atoms with van der Waals surface area (Å²) in [6.07, 6.45) is 0.861. The molecule has 0 aromatic carbocycles. The lowest BCUT2D eigenvalue weighted by Crippen LogP contribution is -2.59. The molecule has 0 radical (unpaired) electrons. The van der Waals surface area contributed by atoms with Crippen LogP contribution in [-0.2, 0) is 9.53 Å². The zero-order valence-electron chi connectivity index (χ0n) is 11.0. The van der Waals surface area contributed by atoms with Gasteiger partial charge in [0.25, 0.3) is 0 Å². The van der Waals surface area contributed by atoms with Crippen molar-refractivity contribution in [2.45, 2.75) is 52.1 Å². The number of rotatable bonds is 3. The van der Waals surface area contributed by atoms with Gasteiger partial charge in [-0.05, 0) is 41.0 Å². The lowest BCUT2D eigenvalue weighted by atomic mass is 9.74. The summed E-state index contributed by atoms with van der Waals surface area (Å²) in [6, 6.07) is 0. The average molecular weight is 228 g/mol. The molecule has 4 heteroatoms. The lowest BCUT2D eigenvalue weighted by Gasteiger charge is -2.39. The molecule has 0 aliphatic carbocycles. The molecule has 1 saturated heterocycles. The molecule has 94 valence electrons. The van der Waals surface area contributed by atoms with Gasteiger partial charge in [-0.2, -0.15) is 0 Å². The molecule has 1 amide bonds. The van der Waals surface area contributed by atoms with E-state index in [0.29, 0.717) is 13.2 Å². The van der Waals surface area contributed by atoms with Crippen molar-refractivity contribution in [3.05, 3.63) is 0 Å². The Morgan fingerprint density at radius 2 is 1.94 bits per heavy atom. The van der Waals surface area contributed by atoms with Gasteiger partial charge < -0.3 is 15.8 Å². The van der Waals surface area contributed by atoms with Crippen LogP contribution in [0.25, 0.3) is 0 Å². The third kappa shape index (κ3) is 2.55. The van der Waals surface area contributed by atoms with Crippen molar-refractivity contribution >= 4 is 5.91 Å². The van der Waals surface area contributed by atoms with Gasteiger partial charge in [0.2, 0.25) is 5.91 Å². The van der Waals surface area contributed by atoms with Crippen LogP contribution in [0, 0.1) is 5.41 Å². The first-order valence-corrected chi connectivity index (χ1v) is 5.78. The van der Waals surface area contributed by atoms with Crippen molar-refractivity contribution < 1.29 is 9.53 Å². The first-order valence-electron chi connectivity index (χ1n) is 5.78. The summed E-state index contributed by atoms with van der Waals surface area (Å²) < 4.78 is 5.31. The Morgan fingerprint density at radius 3 is 2.31 bits per heavy atom. The van der Waals surface area contributed by atoms with E-state index < -0.39 is 11.0 Å². The number of ether oxygens (including phenoxy) is 1. The van der Waals surface area contributed by atoms with Gasteiger partial charge in [-0.3, -0.25) is 4.79 Å². The Hall–Kier alpha value is -0.610. The highest BCUT2D eigenvalue weighted by Gasteiger charge is 2.43. The second-order valence-electron chi connectivity index (χ2n) is 6.16. The van der Waals surface area contributed by atoms with Crippen LogP contribution >= 0.6 is 0 Å². The van der Waals surface area contributed by atoms with Crippen LogP contribution in [0.5, 0.6) is 0 Å². The number of carbonyl (C=O) groups is 1. The minimum Gasteiger partial charge on any atom is -0.379 e. The Bertz CT molecular complexity index is 273. The summed E-state index contributed by atoms with van der Waals surface area (Å²) in [5.74, 6) is -0.00648. The lowest BCUT2D eigenvalue weighted by molar-refractivity contribution is -0.134. The van der Waals surface area contributed by atoms with E-state index >= 15 is 0 Å². The molecular weight excluding hydrogens is 204 g/mol. The Kier molecular flexibility index (Phi) is 3.37. The highest BCUT2D eigenvalue weighted by atomic mass is 16.5. The van der Waals surface area contributed by atoms with Crippen molar-refractivity contribution in [3.63, 3.8) is 0 Å². The summed E-state index contributed by atoms with van der Waals surface area (Å²) in [7, 11) is 0. The van der Waals surface area contributed by atoms with Crippen molar-refractivity contribution in [2.75, 3.05) is 13.2 Å². The number of nitrogens with two attached hydrogens (primary N) is 1. The summed E-state index contributed by atoms with van der Waals surface area (Å²) in [5, 5.41) is 3.06. The molecule has 0 aromatic heterocycles. The Balaban J connectivity index is 2.72. The minimum atomic E-state index is -0.599. The summed E-state index contributed by atoms with van der Waals surface area (Å²) in [5.41, 5.74) is 4.66. The molecule has 1 heterocycles. The van der Waals surface area contributed by atoms with Gasteiger partial charge >= 0.3 is 0 Å². The molecule has 3 N–H and O–H groups in total. The third-order valence-electron chi connectivity index (χ3n) is 3.81. The monoisotopic (exact) mass is 228 g/mol. The third-order valence-corrected chi connectivity index (χ3v) is 3.81. The fourth-order valence-corrected chi connectivity index (χ4v) is 1.49. The van der Waals surface area contributed by atoms with Crippen molar-refractivity contribution in [3.8, 4) is 0 Å². The van der Waals surface area contributed by atoms with E-state index in [4.69, 9.17) is 10.5 Å². The number of carbonyl (C=O) groups excluding carboxylic acids is 1. The van der Waals surface area contributed by atoms with Gasteiger partial charge in [-0.1, -0.05) is 0 Å². The van der Waals surface area contributed by atoms with Crippen molar-refractivity contribution in [1.82, 2.24) is 5.32 Å². The van der Waals surface area contributed by atoms with E-state index in [1.165, 1.54) is 0 Å². The van der Waals surface area contributed by atoms with E-state index in [9.17, 15) is 4.79 Å². The molecular formula is C12H24N2O2. The van der Waals surface area contributed by atoms with Crippen molar-refractivity contribution in [2.24, 2.45) is 11.1 Å². The molecule has 1 atom stereocenters. The van der Waals surface area contributed by atoms with E-state index in [2.05, 4.69) is 5.32 Å². The number of amides is 1. The van der Waals surface area contributed by atoms with Crippen LogP contribution in [0.3, 0.4) is 0 Å². The number of nitrogens with one attached hydrogen (secondary N) is 1. The van der Waals surface area contributed by atoms with Gasteiger partial charge in [0.1, 0.15) is 0 Å². The molecule has 1 rings (SSSR count). The highest BCUT2D eigenvalue weighted by molar-refractivity contribution is 5.84. The van der Waals surface area contributed by atoms with Gasteiger partial charge in [0.05, 0.1) is 17.6 Å². The summed E-state index contributed by atoms with van der Waals surface area (Å²) in [6.45, 7) is 10.8. The van der Waals surface area contributed by atoms with Crippen LogP contribution in [0.2, 0.25) is 0 Å². The number of hydrogen-bond donors (Lipinski definition) is 2. The fourth-order valence-electron chi connectivity index (χ4n) is 1.49. The molecule has 0 spiro atoms. The van der Waals surface area contributed by atoms with Gasteiger partial charge in [0.15, 0.2) is 0 Å². The molecule has 1 aliphatic rings. The molecule has 16 heavy (non-hydrogen) atoms. The van der Waals surface area contributed by atoms with Crippen LogP contribution in [-0.4, -0.2) is 30.2 Å². The highest BCUT2D eigenvalue weighted by Crippen LogP contribution is 2.30. The number of hydrogen-bond acceptors (Lipinski definition) is 3. The predicted molar refractivity (Wildman–Crippen MR) is 64.0 cm³/mol. The smallest absolute Gasteiger partial charge is 0.227 e. The quantitative estimate of drug-likeness (QED) is 0.758. The summed E-state index contributed by atoms with van der Waals surface area (Å²) >= 11 is 0. The van der Waals surface area contributed by atoms with E-state index in [1.54, 1.807) is 0 Å². The first-order chi connectivity index (χ1) is 7.08. The normalized spacial score (nSPS) is 26.9. The molecule has 1 unspecified atom stereocenters. The van der Waals surface area contributed by atoms with Gasteiger partial charge in [-0.15, -0.1) is 0 Å². The van der Waals surface area contributed by atoms with Crippen LogP contribution in [0.15, 0.2) is 0 Å². The Morgan fingerprint density at radius 1 is 1.38 bits per heavy atom. The maximum absolute atomic E-state index is 12.2. The topological polar surface area (TPSA) is 64.4 Å².